The topological polar surface area (TPSA) is 78.4 Å². The van der Waals surface area contributed by atoms with Gasteiger partial charge >= 0.3 is 11.8 Å². The van der Waals surface area contributed by atoms with Crippen molar-refractivity contribution < 1.29 is 14.7 Å². The van der Waals surface area contributed by atoms with Gasteiger partial charge in [-0.05, 0) is 48.6 Å². The van der Waals surface area contributed by atoms with Gasteiger partial charge in [0.05, 0.1) is 6.61 Å². The normalized spacial score (nSPS) is 10.3. The summed E-state index contributed by atoms with van der Waals surface area (Å²) in [5.41, 5.74) is 4.45. The number of aryl methyl sites for hydroxylation is 2. The maximum Gasteiger partial charge on any atom is 0.313 e. The SMILES string of the molecule is Cc1ccc(C)c(NC(=O)C(=O)NCCc2ccc(CO)cc2)c1. The van der Waals surface area contributed by atoms with Crippen molar-refractivity contribution in [3.8, 4) is 0 Å². The van der Waals surface area contributed by atoms with Gasteiger partial charge in [-0.15, -0.1) is 0 Å². The van der Waals surface area contributed by atoms with Gasteiger partial charge in [0.25, 0.3) is 0 Å². The zero-order chi connectivity index (χ0) is 17.5. The van der Waals surface area contributed by atoms with Gasteiger partial charge in [0.2, 0.25) is 0 Å². The van der Waals surface area contributed by atoms with Crippen molar-refractivity contribution in [2.24, 2.45) is 0 Å². The minimum Gasteiger partial charge on any atom is -0.392 e. The maximum atomic E-state index is 12.0. The summed E-state index contributed by atoms with van der Waals surface area (Å²) < 4.78 is 0. The molecule has 3 N–H and O–H groups in total. The molecule has 0 fully saturated rings. The van der Waals surface area contributed by atoms with Gasteiger partial charge in [0.15, 0.2) is 0 Å². The number of nitrogens with one attached hydrogen (secondary N) is 2. The quantitative estimate of drug-likeness (QED) is 0.736. The van der Waals surface area contributed by atoms with Crippen LogP contribution in [0.3, 0.4) is 0 Å². The average molecular weight is 326 g/mol. The molecule has 2 amide bonds. The molecular formula is C19H22N2O3. The molecule has 0 aromatic heterocycles. The maximum absolute atomic E-state index is 12.0. The second kappa shape index (κ2) is 8.26. The Kier molecular flexibility index (Phi) is 6.09. The smallest absolute Gasteiger partial charge is 0.313 e. The first-order valence-electron chi connectivity index (χ1n) is 7.84. The monoisotopic (exact) mass is 326 g/mol. The standard InChI is InChI=1S/C19H22N2O3/c1-13-3-4-14(2)17(11-13)21-19(24)18(23)20-10-9-15-5-7-16(12-22)8-6-15/h3-8,11,22H,9-10,12H2,1-2H3,(H,20,23)(H,21,24). The van der Waals surface area contributed by atoms with Crippen LogP contribution in [-0.4, -0.2) is 23.5 Å². The summed E-state index contributed by atoms with van der Waals surface area (Å²) >= 11 is 0. The van der Waals surface area contributed by atoms with E-state index in [0.29, 0.717) is 18.7 Å². The van der Waals surface area contributed by atoms with Crippen LogP contribution in [0.1, 0.15) is 22.3 Å². The van der Waals surface area contributed by atoms with Gasteiger partial charge in [0.1, 0.15) is 0 Å². The van der Waals surface area contributed by atoms with E-state index in [2.05, 4.69) is 10.6 Å². The number of amides is 2. The van der Waals surface area contributed by atoms with Gasteiger partial charge < -0.3 is 15.7 Å². The fourth-order valence-electron chi connectivity index (χ4n) is 2.26. The fourth-order valence-corrected chi connectivity index (χ4v) is 2.26. The second-order valence-electron chi connectivity index (χ2n) is 5.75. The Morgan fingerprint density at radius 3 is 2.29 bits per heavy atom. The zero-order valence-electron chi connectivity index (χ0n) is 13.9. The van der Waals surface area contributed by atoms with Crippen molar-refractivity contribution >= 4 is 17.5 Å². The molecule has 2 aromatic rings. The van der Waals surface area contributed by atoms with E-state index in [1.807, 2.05) is 56.3 Å². The Hall–Kier alpha value is -2.66. The van der Waals surface area contributed by atoms with Crippen molar-refractivity contribution in [1.82, 2.24) is 5.32 Å². The first kappa shape index (κ1) is 17.7. The highest BCUT2D eigenvalue weighted by Crippen LogP contribution is 2.16. The molecule has 2 rings (SSSR count). The lowest BCUT2D eigenvalue weighted by molar-refractivity contribution is -0.136. The largest absolute Gasteiger partial charge is 0.392 e. The van der Waals surface area contributed by atoms with E-state index < -0.39 is 11.8 Å². The Balaban J connectivity index is 1.83. The molecule has 5 nitrogen and oxygen atoms in total. The Labute approximate surface area is 141 Å². The highest BCUT2D eigenvalue weighted by Gasteiger charge is 2.14. The molecule has 0 aliphatic rings. The Bertz CT molecular complexity index is 724. The van der Waals surface area contributed by atoms with Gasteiger partial charge in [-0.25, -0.2) is 0 Å². The minimum absolute atomic E-state index is 0.00949. The molecule has 0 atom stereocenters. The van der Waals surface area contributed by atoms with Gasteiger partial charge in [0, 0.05) is 12.2 Å². The van der Waals surface area contributed by atoms with Crippen LogP contribution < -0.4 is 10.6 Å². The highest BCUT2D eigenvalue weighted by molar-refractivity contribution is 6.39. The molecule has 2 aromatic carbocycles. The summed E-state index contributed by atoms with van der Waals surface area (Å²) in [6.07, 6.45) is 0.619. The molecule has 0 spiro atoms. The van der Waals surface area contributed by atoms with E-state index in [4.69, 9.17) is 5.11 Å². The van der Waals surface area contributed by atoms with Crippen LogP contribution in [0.4, 0.5) is 5.69 Å². The summed E-state index contributed by atoms with van der Waals surface area (Å²) in [5.74, 6) is -1.32. The Morgan fingerprint density at radius 2 is 1.62 bits per heavy atom. The van der Waals surface area contributed by atoms with Crippen LogP contribution in [0.2, 0.25) is 0 Å². The van der Waals surface area contributed by atoms with Gasteiger partial charge in [-0.3, -0.25) is 9.59 Å². The summed E-state index contributed by atoms with van der Waals surface area (Å²) in [4.78, 5) is 23.8. The van der Waals surface area contributed by atoms with Gasteiger partial charge in [-0.2, -0.15) is 0 Å². The lowest BCUT2D eigenvalue weighted by Crippen LogP contribution is -2.36. The van der Waals surface area contributed by atoms with E-state index in [1.54, 1.807) is 0 Å². The number of carbonyl (C=O) groups excluding carboxylic acids is 2. The molecule has 5 heteroatoms. The zero-order valence-corrected chi connectivity index (χ0v) is 13.9. The third-order valence-electron chi connectivity index (χ3n) is 3.75. The first-order valence-corrected chi connectivity index (χ1v) is 7.84. The van der Waals surface area contributed by atoms with Crippen LogP contribution in [-0.2, 0) is 22.6 Å². The lowest BCUT2D eigenvalue weighted by atomic mass is 10.1. The number of anilines is 1. The number of benzene rings is 2. The molecule has 0 radical (unpaired) electrons. The number of carbonyl (C=O) groups is 2. The molecule has 0 aliphatic heterocycles. The molecule has 0 saturated heterocycles. The number of rotatable bonds is 5. The van der Waals surface area contributed by atoms with Crippen molar-refractivity contribution in [3.05, 3.63) is 64.7 Å². The van der Waals surface area contributed by atoms with E-state index in [-0.39, 0.29) is 6.61 Å². The Morgan fingerprint density at radius 1 is 0.958 bits per heavy atom. The molecular weight excluding hydrogens is 304 g/mol. The summed E-state index contributed by atoms with van der Waals surface area (Å²) in [6, 6.07) is 13.2. The summed E-state index contributed by atoms with van der Waals surface area (Å²) in [7, 11) is 0. The lowest BCUT2D eigenvalue weighted by Gasteiger charge is -2.10. The van der Waals surface area contributed by atoms with Crippen LogP contribution in [0, 0.1) is 13.8 Å². The highest BCUT2D eigenvalue weighted by atomic mass is 16.3. The number of hydrogen-bond donors (Lipinski definition) is 3. The fraction of sp³-hybridized carbons (Fsp3) is 0.263. The van der Waals surface area contributed by atoms with Crippen LogP contribution >= 0.6 is 0 Å². The van der Waals surface area contributed by atoms with E-state index in [0.717, 1.165) is 22.3 Å². The molecule has 0 heterocycles. The molecule has 0 saturated carbocycles. The molecule has 0 bridgehead atoms. The number of hydrogen-bond acceptors (Lipinski definition) is 3. The predicted octanol–water partition coefficient (Wildman–Crippen LogP) is 2.09. The third kappa shape index (κ3) is 4.93. The van der Waals surface area contributed by atoms with Crippen molar-refractivity contribution in [2.45, 2.75) is 26.9 Å². The third-order valence-corrected chi connectivity index (χ3v) is 3.75. The van der Waals surface area contributed by atoms with Crippen molar-refractivity contribution in [3.63, 3.8) is 0 Å². The number of aliphatic hydroxyl groups is 1. The van der Waals surface area contributed by atoms with Crippen molar-refractivity contribution in [1.29, 1.82) is 0 Å². The molecule has 24 heavy (non-hydrogen) atoms. The molecule has 0 aliphatic carbocycles. The summed E-state index contributed by atoms with van der Waals surface area (Å²) in [6.45, 7) is 4.19. The summed E-state index contributed by atoms with van der Waals surface area (Å²) in [5, 5.41) is 14.2. The molecule has 0 unspecified atom stereocenters. The van der Waals surface area contributed by atoms with Crippen LogP contribution in [0.15, 0.2) is 42.5 Å². The number of aliphatic hydroxyl groups excluding tert-OH is 1. The van der Waals surface area contributed by atoms with E-state index in [1.165, 1.54) is 0 Å². The first-order chi connectivity index (χ1) is 11.5. The minimum atomic E-state index is -0.667. The second-order valence-corrected chi connectivity index (χ2v) is 5.75. The van der Waals surface area contributed by atoms with E-state index in [9.17, 15) is 9.59 Å². The van der Waals surface area contributed by atoms with E-state index >= 15 is 0 Å². The van der Waals surface area contributed by atoms with Crippen LogP contribution in [0.5, 0.6) is 0 Å². The van der Waals surface area contributed by atoms with Crippen LogP contribution in [0.25, 0.3) is 0 Å². The predicted molar refractivity (Wildman–Crippen MR) is 93.6 cm³/mol. The average Bonchev–Trinajstić information content (AvgIpc) is 2.58. The van der Waals surface area contributed by atoms with Gasteiger partial charge in [-0.1, -0.05) is 36.4 Å². The molecule has 126 valence electrons. The van der Waals surface area contributed by atoms with Crippen molar-refractivity contribution in [2.75, 3.05) is 11.9 Å².